The van der Waals surface area contributed by atoms with E-state index < -0.39 is 0 Å². The van der Waals surface area contributed by atoms with Gasteiger partial charge in [-0.15, -0.1) is 11.3 Å². The van der Waals surface area contributed by atoms with Gasteiger partial charge >= 0.3 is 0 Å². The third-order valence-corrected chi connectivity index (χ3v) is 3.81. The summed E-state index contributed by atoms with van der Waals surface area (Å²) >= 11 is 1.40. The molecule has 20 heavy (non-hydrogen) atoms. The summed E-state index contributed by atoms with van der Waals surface area (Å²) in [6.45, 7) is 2.69. The quantitative estimate of drug-likeness (QED) is 0.881. The van der Waals surface area contributed by atoms with Gasteiger partial charge in [-0.25, -0.2) is 0 Å². The van der Waals surface area contributed by atoms with Crippen molar-refractivity contribution in [3.63, 3.8) is 0 Å². The lowest BCUT2D eigenvalue weighted by Gasteiger charge is -2.16. The van der Waals surface area contributed by atoms with Gasteiger partial charge in [0, 0.05) is 24.7 Å². The van der Waals surface area contributed by atoms with Crippen molar-refractivity contribution < 1.29 is 9.21 Å². The van der Waals surface area contributed by atoms with Gasteiger partial charge in [-0.1, -0.05) is 11.8 Å². The first-order chi connectivity index (χ1) is 9.63. The second-order valence-electron chi connectivity index (χ2n) is 4.33. The Bertz CT molecular complexity index is 661. The van der Waals surface area contributed by atoms with Crippen molar-refractivity contribution in [3.05, 3.63) is 45.5 Å². The highest BCUT2D eigenvalue weighted by molar-refractivity contribution is 7.12. The second-order valence-corrected chi connectivity index (χ2v) is 5.25. The molecule has 0 saturated carbocycles. The first-order valence-corrected chi connectivity index (χ1v) is 7.06. The Morgan fingerprint density at radius 2 is 2.30 bits per heavy atom. The standard InChI is InChI=1S/C15H16N2O2S/c1-11-13(5-8-19-11)10-17(2)15(18)14-12(4-3-7-16)6-9-20-14/h5-6,8-9H,7,10,16H2,1-2H3. The van der Waals surface area contributed by atoms with Crippen LogP contribution >= 0.6 is 11.3 Å². The second kappa shape index (κ2) is 6.42. The van der Waals surface area contributed by atoms with Gasteiger partial charge in [-0.05, 0) is 24.4 Å². The minimum atomic E-state index is -0.0399. The molecule has 0 bridgehead atoms. The van der Waals surface area contributed by atoms with E-state index in [4.69, 9.17) is 10.2 Å². The Labute approximate surface area is 122 Å². The lowest BCUT2D eigenvalue weighted by atomic mass is 10.2. The van der Waals surface area contributed by atoms with Crippen LogP contribution in [0, 0.1) is 18.8 Å². The highest BCUT2D eigenvalue weighted by Crippen LogP contribution is 2.19. The fourth-order valence-corrected chi connectivity index (χ4v) is 2.64. The molecular weight excluding hydrogens is 272 g/mol. The molecule has 0 fully saturated rings. The SMILES string of the molecule is Cc1occc1CN(C)C(=O)c1sccc1C#CCN. The molecule has 0 spiro atoms. The molecule has 1 amide bonds. The van der Waals surface area contributed by atoms with E-state index in [9.17, 15) is 4.79 Å². The summed E-state index contributed by atoms with van der Waals surface area (Å²) in [4.78, 5) is 14.7. The molecule has 2 rings (SSSR count). The van der Waals surface area contributed by atoms with Crippen LogP contribution in [0.3, 0.4) is 0 Å². The Morgan fingerprint density at radius 3 is 2.95 bits per heavy atom. The highest BCUT2D eigenvalue weighted by atomic mass is 32.1. The number of carbonyl (C=O) groups excluding carboxylic acids is 1. The van der Waals surface area contributed by atoms with Crippen molar-refractivity contribution in [3.8, 4) is 11.8 Å². The third-order valence-electron chi connectivity index (χ3n) is 2.91. The molecule has 0 atom stereocenters. The minimum absolute atomic E-state index is 0.0399. The van der Waals surface area contributed by atoms with E-state index in [-0.39, 0.29) is 12.5 Å². The molecule has 104 valence electrons. The average molecular weight is 288 g/mol. The van der Waals surface area contributed by atoms with Gasteiger partial charge in [0.1, 0.15) is 10.6 Å². The Balaban J connectivity index is 2.15. The molecule has 0 saturated heterocycles. The van der Waals surface area contributed by atoms with Gasteiger partial charge in [0.25, 0.3) is 5.91 Å². The molecule has 2 aromatic rings. The minimum Gasteiger partial charge on any atom is -0.469 e. The lowest BCUT2D eigenvalue weighted by molar-refractivity contribution is 0.0789. The molecule has 2 heterocycles. The van der Waals surface area contributed by atoms with Crippen molar-refractivity contribution in [1.82, 2.24) is 4.90 Å². The van der Waals surface area contributed by atoms with E-state index in [1.165, 1.54) is 11.3 Å². The molecule has 0 aromatic carbocycles. The molecule has 4 nitrogen and oxygen atoms in total. The average Bonchev–Trinajstić information content (AvgIpc) is 3.05. The zero-order valence-corrected chi connectivity index (χ0v) is 12.3. The topological polar surface area (TPSA) is 59.5 Å². The molecule has 0 aliphatic carbocycles. The van der Waals surface area contributed by atoms with E-state index in [0.717, 1.165) is 16.9 Å². The van der Waals surface area contributed by atoms with Crippen molar-refractivity contribution in [2.75, 3.05) is 13.6 Å². The Kier molecular flexibility index (Phi) is 4.61. The van der Waals surface area contributed by atoms with Crippen molar-refractivity contribution >= 4 is 17.2 Å². The highest BCUT2D eigenvalue weighted by Gasteiger charge is 2.17. The maximum absolute atomic E-state index is 12.4. The van der Waals surface area contributed by atoms with Gasteiger partial charge in [-0.3, -0.25) is 4.79 Å². The first kappa shape index (κ1) is 14.4. The first-order valence-electron chi connectivity index (χ1n) is 6.18. The zero-order chi connectivity index (χ0) is 14.5. The number of hydrogen-bond donors (Lipinski definition) is 1. The van der Waals surface area contributed by atoms with Gasteiger partial charge in [0.15, 0.2) is 0 Å². The van der Waals surface area contributed by atoms with Crippen molar-refractivity contribution in [2.24, 2.45) is 5.73 Å². The van der Waals surface area contributed by atoms with E-state index in [1.807, 2.05) is 24.4 Å². The van der Waals surface area contributed by atoms with Crippen LogP contribution in [0.1, 0.15) is 26.6 Å². The fourth-order valence-electron chi connectivity index (χ4n) is 1.80. The van der Waals surface area contributed by atoms with Crippen LogP contribution in [0.2, 0.25) is 0 Å². The molecule has 0 unspecified atom stereocenters. The summed E-state index contributed by atoms with van der Waals surface area (Å²) in [5, 5.41) is 1.87. The lowest BCUT2D eigenvalue weighted by Crippen LogP contribution is -2.26. The summed E-state index contributed by atoms with van der Waals surface area (Å²) in [6, 6.07) is 3.72. The zero-order valence-electron chi connectivity index (χ0n) is 11.5. The predicted octanol–water partition coefficient (Wildman–Crippen LogP) is 2.23. The summed E-state index contributed by atoms with van der Waals surface area (Å²) in [6.07, 6.45) is 1.63. The van der Waals surface area contributed by atoms with E-state index in [2.05, 4.69) is 11.8 Å². The van der Waals surface area contributed by atoms with Crippen LogP contribution in [0.4, 0.5) is 0 Å². The molecule has 0 aliphatic rings. The maximum Gasteiger partial charge on any atom is 0.265 e. The molecule has 0 aliphatic heterocycles. The molecule has 2 N–H and O–H groups in total. The molecule has 2 aromatic heterocycles. The Hall–Kier alpha value is -2.03. The number of aryl methyl sites for hydroxylation is 1. The van der Waals surface area contributed by atoms with Gasteiger partial charge in [0.05, 0.1) is 12.8 Å². The number of nitrogens with zero attached hydrogens (tertiary/aromatic N) is 1. The number of carbonyl (C=O) groups is 1. The van der Waals surface area contributed by atoms with Gasteiger partial charge in [0.2, 0.25) is 0 Å². The predicted molar refractivity (Wildman–Crippen MR) is 79.5 cm³/mol. The van der Waals surface area contributed by atoms with Crippen LogP contribution in [0.5, 0.6) is 0 Å². The number of nitrogens with two attached hydrogens (primary N) is 1. The van der Waals surface area contributed by atoms with Crippen LogP contribution in [-0.4, -0.2) is 24.4 Å². The van der Waals surface area contributed by atoms with E-state index in [1.54, 1.807) is 18.2 Å². The monoisotopic (exact) mass is 288 g/mol. The summed E-state index contributed by atoms with van der Waals surface area (Å²) < 4.78 is 5.24. The van der Waals surface area contributed by atoms with Crippen LogP contribution in [-0.2, 0) is 6.54 Å². The van der Waals surface area contributed by atoms with Crippen molar-refractivity contribution in [2.45, 2.75) is 13.5 Å². The Morgan fingerprint density at radius 1 is 1.50 bits per heavy atom. The number of amides is 1. The van der Waals surface area contributed by atoms with Gasteiger partial charge in [-0.2, -0.15) is 0 Å². The molecule has 5 heteroatoms. The van der Waals surface area contributed by atoms with Crippen molar-refractivity contribution in [1.29, 1.82) is 0 Å². The summed E-state index contributed by atoms with van der Waals surface area (Å²) in [7, 11) is 1.77. The molecular formula is C15H16N2O2S. The van der Waals surface area contributed by atoms with E-state index >= 15 is 0 Å². The number of furan rings is 1. The molecule has 0 radical (unpaired) electrons. The number of rotatable bonds is 3. The van der Waals surface area contributed by atoms with Crippen LogP contribution in [0.15, 0.2) is 28.2 Å². The van der Waals surface area contributed by atoms with Crippen LogP contribution < -0.4 is 5.73 Å². The smallest absolute Gasteiger partial charge is 0.265 e. The number of thiophene rings is 1. The van der Waals surface area contributed by atoms with Crippen LogP contribution in [0.25, 0.3) is 0 Å². The third kappa shape index (κ3) is 3.10. The number of hydrogen-bond acceptors (Lipinski definition) is 4. The normalized spacial score (nSPS) is 9.95. The summed E-state index contributed by atoms with van der Waals surface area (Å²) in [5.41, 5.74) is 7.11. The van der Waals surface area contributed by atoms with E-state index in [0.29, 0.717) is 11.4 Å². The van der Waals surface area contributed by atoms with Gasteiger partial charge < -0.3 is 15.1 Å². The largest absolute Gasteiger partial charge is 0.469 e. The fraction of sp³-hybridized carbons (Fsp3) is 0.267. The summed E-state index contributed by atoms with van der Waals surface area (Å²) in [5.74, 6) is 6.50. The maximum atomic E-state index is 12.4.